The van der Waals surface area contributed by atoms with E-state index < -0.39 is 11.9 Å². The number of carboxylic acids is 1. The van der Waals surface area contributed by atoms with Crippen molar-refractivity contribution in [1.82, 2.24) is 0 Å². The van der Waals surface area contributed by atoms with Crippen LogP contribution < -0.4 is 0 Å². The van der Waals surface area contributed by atoms with Crippen molar-refractivity contribution < 1.29 is 18.7 Å². The highest BCUT2D eigenvalue weighted by molar-refractivity contribution is 14.1. The van der Waals surface area contributed by atoms with Gasteiger partial charge in [-0.2, -0.15) is 8.78 Å². The summed E-state index contributed by atoms with van der Waals surface area (Å²) in [6.45, 7) is 2.07. The van der Waals surface area contributed by atoms with E-state index in [1.165, 1.54) is 0 Å². The molecular formula is C10H15F2IO2. The Labute approximate surface area is 102 Å². The highest BCUT2D eigenvalue weighted by Crippen LogP contribution is 2.24. The lowest BCUT2D eigenvalue weighted by atomic mass is 10.1. The van der Waals surface area contributed by atoms with E-state index in [4.69, 9.17) is 5.11 Å². The zero-order valence-electron chi connectivity index (χ0n) is 8.60. The van der Waals surface area contributed by atoms with Crippen molar-refractivity contribution in [2.45, 2.75) is 45.0 Å². The molecule has 88 valence electrons. The van der Waals surface area contributed by atoms with Crippen LogP contribution >= 0.6 is 22.6 Å². The molecule has 0 aromatic carbocycles. The van der Waals surface area contributed by atoms with Crippen molar-refractivity contribution in [1.29, 1.82) is 0 Å². The van der Waals surface area contributed by atoms with Crippen LogP contribution in [0.4, 0.5) is 8.78 Å². The number of hydrogen-bond acceptors (Lipinski definition) is 1. The zero-order chi connectivity index (χ0) is 11.9. The van der Waals surface area contributed by atoms with Gasteiger partial charge in [0, 0.05) is 6.08 Å². The van der Waals surface area contributed by atoms with Crippen molar-refractivity contribution in [3.05, 3.63) is 9.66 Å². The summed E-state index contributed by atoms with van der Waals surface area (Å²) in [5.41, 5.74) is 0. The van der Waals surface area contributed by atoms with Crippen molar-refractivity contribution in [3.8, 4) is 0 Å². The summed E-state index contributed by atoms with van der Waals surface area (Å²) in [4.78, 5) is 10.1. The van der Waals surface area contributed by atoms with Gasteiger partial charge in [-0.3, -0.25) is 0 Å². The van der Waals surface area contributed by atoms with Gasteiger partial charge in [0.15, 0.2) is 0 Å². The Bertz CT molecular complexity index is 240. The Morgan fingerprint density at radius 2 is 2.00 bits per heavy atom. The molecule has 0 rings (SSSR count). The predicted octanol–water partition coefficient (Wildman–Crippen LogP) is 4.00. The van der Waals surface area contributed by atoms with Crippen molar-refractivity contribution in [3.63, 3.8) is 0 Å². The van der Waals surface area contributed by atoms with Crippen LogP contribution in [0.3, 0.4) is 0 Å². The molecule has 0 aromatic rings. The van der Waals surface area contributed by atoms with Gasteiger partial charge in [0.1, 0.15) is 0 Å². The molecule has 0 fully saturated rings. The molecule has 1 N–H and O–H groups in total. The van der Waals surface area contributed by atoms with Crippen LogP contribution in [0.2, 0.25) is 0 Å². The molecule has 0 aliphatic heterocycles. The van der Waals surface area contributed by atoms with E-state index in [1.54, 1.807) is 22.6 Å². The van der Waals surface area contributed by atoms with E-state index in [0.29, 0.717) is 16.1 Å². The molecule has 0 saturated heterocycles. The second-order valence-corrected chi connectivity index (χ2v) is 4.72. The molecule has 0 radical (unpaired) electrons. The molecule has 0 bridgehead atoms. The van der Waals surface area contributed by atoms with Gasteiger partial charge in [-0.1, -0.05) is 26.2 Å². The Kier molecular flexibility index (Phi) is 7.04. The first-order valence-electron chi connectivity index (χ1n) is 4.88. The third-order valence-corrected chi connectivity index (χ3v) is 2.74. The van der Waals surface area contributed by atoms with Gasteiger partial charge in [0.2, 0.25) is 0 Å². The number of halogens is 3. The van der Waals surface area contributed by atoms with Gasteiger partial charge in [-0.15, -0.1) is 0 Å². The van der Waals surface area contributed by atoms with Gasteiger partial charge >= 0.3 is 11.9 Å². The summed E-state index contributed by atoms with van der Waals surface area (Å²) >= 11 is 1.77. The normalized spacial score (nSPS) is 12.9. The molecule has 0 atom stereocenters. The summed E-state index contributed by atoms with van der Waals surface area (Å²) in [6.07, 6.45) is 5.06. The molecule has 15 heavy (non-hydrogen) atoms. The third-order valence-electron chi connectivity index (χ3n) is 1.89. The van der Waals surface area contributed by atoms with E-state index in [-0.39, 0.29) is 0 Å². The molecule has 5 heteroatoms. The molecule has 0 aliphatic rings. The quantitative estimate of drug-likeness (QED) is 0.565. The lowest BCUT2D eigenvalue weighted by molar-refractivity contribution is -0.158. The number of hydrogen-bond donors (Lipinski definition) is 1. The Hall–Kier alpha value is -0.200. The molecule has 0 amide bonds. The number of carboxylic acid groups (broad SMARTS) is 1. The number of rotatable bonds is 7. The number of alkyl halides is 2. The van der Waals surface area contributed by atoms with E-state index >= 15 is 0 Å². The number of unbranched alkanes of at least 4 members (excludes halogenated alkanes) is 3. The lowest BCUT2D eigenvalue weighted by Gasteiger charge is -2.06. The smallest absolute Gasteiger partial charge is 0.378 e. The summed E-state index contributed by atoms with van der Waals surface area (Å²) in [5, 5.41) is 8.20. The molecule has 0 aromatic heterocycles. The van der Waals surface area contributed by atoms with Crippen molar-refractivity contribution in [2.24, 2.45) is 0 Å². The first-order chi connectivity index (χ1) is 6.90. The van der Waals surface area contributed by atoms with Crippen LogP contribution in [0.15, 0.2) is 9.66 Å². The fourth-order valence-electron chi connectivity index (χ4n) is 1.05. The van der Waals surface area contributed by atoms with Gasteiger partial charge in [0.05, 0.1) is 0 Å². The average Bonchev–Trinajstić information content (AvgIpc) is 2.11. The topological polar surface area (TPSA) is 37.3 Å². The zero-order valence-corrected chi connectivity index (χ0v) is 10.8. The van der Waals surface area contributed by atoms with Crippen LogP contribution in [0.25, 0.3) is 0 Å². The monoisotopic (exact) mass is 332 g/mol. The largest absolute Gasteiger partial charge is 0.477 e. The summed E-state index contributed by atoms with van der Waals surface area (Å²) in [7, 11) is 0. The van der Waals surface area contributed by atoms with Crippen LogP contribution in [0.1, 0.15) is 39.0 Å². The van der Waals surface area contributed by atoms with Gasteiger partial charge < -0.3 is 5.11 Å². The SMILES string of the molecule is CCCCCCC(I)=CC(F)(F)C(=O)O. The highest BCUT2D eigenvalue weighted by atomic mass is 127. The minimum atomic E-state index is -3.73. The summed E-state index contributed by atoms with van der Waals surface area (Å²) < 4.78 is 25.8. The lowest BCUT2D eigenvalue weighted by Crippen LogP contribution is -2.25. The minimum absolute atomic E-state index is 0.413. The van der Waals surface area contributed by atoms with Crippen LogP contribution in [-0.4, -0.2) is 17.0 Å². The molecule has 0 aliphatic carbocycles. The van der Waals surface area contributed by atoms with E-state index in [0.717, 1.165) is 25.7 Å². The summed E-state index contributed by atoms with van der Waals surface area (Å²) in [5.74, 6) is -5.83. The van der Waals surface area contributed by atoms with Crippen LogP contribution in [-0.2, 0) is 4.79 Å². The first-order valence-corrected chi connectivity index (χ1v) is 5.96. The van der Waals surface area contributed by atoms with Crippen molar-refractivity contribution >= 4 is 28.6 Å². The number of allylic oxidation sites excluding steroid dienone is 1. The predicted molar refractivity (Wildman–Crippen MR) is 63.4 cm³/mol. The van der Waals surface area contributed by atoms with E-state index in [9.17, 15) is 13.6 Å². The number of carbonyl (C=O) groups is 1. The molecule has 2 nitrogen and oxygen atoms in total. The van der Waals surface area contributed by atoms with Crippen LogP contribution in [0.5, 0.6) is 0 Å². The molecular weight excluding hydrogens is 317 g/mol. The maximum Gasteiger partial charge on any atom is 0.378 e. The van der Waals surface area contributed by atoms with Crippen LogP contribution in [0, 0.1) is 0 Å². The first kappa shape index (κ1) is 14.8. The van der Waals surface area contributed by atoms with E-state index in [1.807, 2.05) is 0 Å². The molecule has 0 saturated carbocycles. The van der Waals surface area contributed by atoms with Crippen molar-refractivity contribution in [2.75, 3.05) is 0 Å². The van der Waals surface area contributed by atoms with Gasteiger partial charge in [-0.05, 0) is 39.0 Å². The molecule has 0 spiro atoms. The second-order valence-electron chi connectivity index (χ2n) is 3.33. The Balaban J connectivity index is 4.03. The standard InChI is InChI=1S/C10H15F2IO2/c1-2-3-4-5-6-8(13)7-10(11,12)9(14)15/h7H,2-6H2,1H3,(H,14,15). The van der Waals surface area contributed by atoms with Gasteiger partial charge in [0.25, 0.3) is 0 Å². The van der Waals surface area contributed by atoms with E-state index in [2.05, 4.69) is 6.92 Å². The second kappa shape index (κ2) is 7.14. The maximum absolute atomic E-state index is 12.7. The molecule has 0 heterocycles. The molecule has 0 unspecified atom stereocenters. The highest BCUT2D eigenvalue weighted by Gasteiger charge is 2.36. The fraction of sp³-hybridized carbons (Fsp3) is 0.700. The Morgan fingerprint density at radius 1 is 1.40 bits per heavy atom. The average molecular weight is 332 g/mol. The third kappa shape index (κ3) is 6.81. The van der Waals surface area contributed by atoms with Gasteiger partial charge in [-0.25, -0.2) is 4.79 Å². The minimum Gasteiger partial charge on any atom is -0.477 e. The fourth-order valence-corrected chi connectivity index (χ4v) is 1.82. The maximum atomic E-state index is 12.7. The summed E-state index contributed by atoms with van der Waals surface area (Å²) in [6, 6.07) is 0. The Morgan fingerprint density at radius 3 is 2.47 bits per heavy atom. The number of aliphatic carboxylic acids is 1.